The Kier molecular flexibility index (Phi) is 3.15. The Bertz CT molecular complexity index is 612. The summed E-state index contributed by atoms with van der Waals surface area (Å²) in [5, 5.41) is 0.559. The van der Waals surface area contributed by atoms with Gasteiger partial charge in [-0.2, -0.15) is 0 Å². The van der Waals surface area contributed by atoms with Crippen molar-refractivity contribution in [3.63, 3.8) is 0 Å². The van der Waals surface area contributed by atoms with Gasteiger partial charge in [-0.25, -0.2) is 9.97 Å². The van der Waals surface area contributed by atoms with Crippen LogP contribution in [-0.4, -0.2) is 16.0 Å². The van der Waals surface area contributed by atoms with E-state index in [-0.39, 0.29) is 0 Å². The molecule has 0 bridgehead atoms. The zero-order valence-electron chi connectivity index (χ0n) is 11.1. The van der Waals surface area contributed by atoms with E-state index < -0.39 is 0 Å². The van der Waals surface area contributed by atoms with E-state index in [4.69, 9.17) is 11.6 Å². The fraction of sp³-hybridized carbons (Fsp3) is 0.333. The van der Waals surface area contributed by atoms with Crippen LogP contribution in [0.3, 0.4) is 0 Å². The summed E-state index contributed by atoms with van der Waals surface area (Å²) in [4.78, 5) is 10.8. The maximum Gasteiger partial charge on any atom is 0.141 e. The zero-order chi connectivity index (χ0) is 13.4. The lowest BCUT2D eigenvalue weighted by atomic mass is 10.1. The first-order chi connectivity index (χ1) is 9.22. The van der Waals surface area contributed by atoms with E-state index >= 15 is 0 Å². The Hall–Kier alpha value is -1.61. The Labute approximate surface area is 118 Å². The summed E-state index contributed by atoms with van der Waals surface area (Å²) in [5.74, 6) is 0.944. The number of nitrogens with zero attached hydrogens (tertiary/aromatic N) is 3. The summed E-state index contributed by atoms with van der Waals surface area (Å²) in [7, 11) is 0. The van der Waals surface area contributed by atoms with Gasteiger partial charge >= 0.3 is 0 Å². The van der Waals surface area contributed by atoms with E-state index in [1.807, 2.05) is 0 Å². The molecule has 0 amide bonds. The molecule has 2 aromatic rings. The normalized spacial score (nSPS) is 17.6. The number of hydrogen-bond donors (Lipinski definition) is 0. The van der Waals surface area contributed by atoms with Crippen LogP contribution in [0, 0.1) is 0 Å². The van der Waals surface area contributed by atoms with Gasteiger partial charge in [-0.15, -0.1) is 0 Å². The van der Waals surface area contributed by atoms with Gasteiger partial charge in [-0.1, -0.05) is 36.7 Å². The van der Waals surface area contributed by atoms with Crippen LogP contribution in [0.15, 0.2) is 30.6 Å². The van der Waals surface area contributed by atoms with Crippen molar-refractivity contribution < 1.29 is 0 Å². The Morgan fingerprint density at radius 2 is 2.11 bits per heavy atom. The molecule has 0 spiro atoms. The molecule has 1 unspecified atom stereocenters. The number of rotatable bonds is 2. The van der Waals surface area contributed by atoms with E-state index in [1.165, 1.54) is 11.3 Å². The molecule has 4 heteroatoms. The van der Waals surface area contributed by atoms with Crippen molar-refractivity contribution in [3.05, 3.63) is 46.9 Å². The molecule has 0 radical (unpaired) electrons. The summed E-state index contributed by atoms with van der Waals surface area (Å²) < 4.78 is 0. The minimum absolute atomic E-state index is 0.397. The summed E-state index contributed by atoms with van der Waals surface area (Å²) in [5.41, 5.74) is 3.62. The van der Waals surface area contributed by atoms with Crippen molar-refractivity contribution in [2.24, 2.45) is 0 Å². The minimum Gasteiger partial charge on any atom is -0.323 e. The van der Waals surface area contributed by atoms with Gasteiger partial charge in [0, 0.05) is 17.3 Å². The van der Waals surface area contributed by atoms with Crippen molar-refractivity contribution in [1.82, 2.24) is 9.97 Å². The number of para-hydroxylation sites is 1. The fourth-order valence-electron chi connectivity index (χ4n) is 2.78. The maximum atomic E-state index is 6.20. The summed E-state index contributed by atoms with van der Waals surface area (Å²) in [6.45, 7) is 4.30. The van der Waals surface area contributed by atoms with Crippen LogP contribution < -0.4 is 4.90 Å². The molecule has 1 atom stereocenters. The van der Waals surface area contributed by atoms with Gasteiger partial charge in [0.1, 0.15) is 17.3 Å². The van der Waals surface area contributed by atoms with E-state index in [0.717, 1.165) is 24.2 Å². The molecule has 2 heterocycles. The lowest BCUT2D eigenvalue weighted by Crippen LogP contribution is -2.26. The Morgan fingerprint density at radius 1 is 1.32 bits per heavy atom. The van der Waals surface area contributed by atoms with Gasteiger partial charge in [0.15, 0.2) is 0 Å². The number of hydrogen-bond acceptors (Lipinski definition) is 3. The lowest BCUT2D eigenvalue weighted by molar-refractivity contribution is 0.744. The van der Waals surface area contributed by atoms with Crippen molar-refractivity contribution in [3.8, 4) is 0 Å². The highest BCUT2D eigenvalue weighted by Gasteiger charge is 2.29. The highest BCUT2D eigenvalue weighted by atomic mass is 35.5. The van der Waals surface area contributed by atoms with Gasteiger partial charge < -0.3 is 4.90 Å². The zero-order valence-corrected chi connectivity index (χ0v) is 11.9. The largest absolute Gasteiger partial charge is 0.323 e. The summed E-state index contributed by atoms with van der Waals surface area (Å²) in [6.07, 6.45) is 3.42. The topological polar surface area (TPSA) is 29.0 Å². The van der Waals surface area contributed by atoms with Gasteiger partial charge in [-0.3, -0.25) is 0 Å². The molecule has 1 aliphatic rings. The fourth-order valence-corrected chi connectivity index (χ4v) is 3.04. The van der Waals surface area contributed by atoms with E-state index in [9.17, 15) is 0 Å². The summed E-state index contributed by atoms with van der Waals surface area (Å²) >= 11 is 6.20. The predicted molar refractivity (Wildman–Crippen MR) is 78.2 cm³/mol. The first-order valence-electron chi connectivity index (χ1n) is 6.59. The quantitative estimate of drug-likeness (QED) is 0.780. The number of fused-ring (bicyclic) bond motifs is 1. The van der Waals surface area contributed by atoms with Gasteiger partial charge in [0.05, 0.1) is 0 Å². The van der Waals surface area contributed by atoms with Gasteiger partial charge in [0.25, 0.3) is 0 Å². The third-order valence-electron chi connectivity index (χ3n) is 3.66. The average Bonchev–Trinajstić information content (AvgIpc) is 2.74. The molecule has 1 aliphatic heterocycles. The van der Waals surface area contributed by atoms with E-state index in [2.05, 4.69) is 53.0 Å². The lowest BCUT2D eigenvalue weighted by Gasteiger charge is -2.26. The van der Waals surface area contributed by atoms with Crippen LogP contribution in [0.25, 0.3) is 0 Å². The molecule has 1 aromatic carbocycles. The third kappa shape index (κ3) is 1.98. The number of benzene rings is 1. The Balaban J connectivity index is 2.15. The molecule has 19 heavy (non-hydrogen) atoms. The molecule has 0 fully saturated rings. The molecular formula is C15H16ClN3. The second-order valence-corrected chi connectivity index (χ2v) is 5.23. The molecule has 3 rings (SSSR count). The molecule has 0 N–H and O–H groups in total. The smallest absolute Gasteiger partial charge is 0.141 e. The maximum absolute atomic E-state index is 6.20. The standard InChI is InChI=1S/C15H16ClN3/c1-3-12-14(16)17-9-18-15(12)19-10(2)8-11-6-4-5-7-13(11)19/h4-7,9-10H,3,8H2,1-2H3. The summed E-state index contributed by atoms with van der Waals surface area (Å²) in [6, 6.07) is 8.88. The van der Waals surface area contributed by atoms with E-state index in [0.29, 0.717) is 11.2 Å². The molecule has 0 aliphatic carbocycles. The van der Waals surface area contributed by atoms with Crippen molar-refractivity contribution in [2.75, 3.05) is 4.90 Å². The minimum atomic E-state index is 0.397. The molecule has 0 saturated carbocycles. The van der Waals surface area contributed by atoms with E-state index in [1.54, 1.807) is 6.33 Å². The highest BCUT2D eigenvalue weighted by Crippen LogP contribution is 2.39. The second kappa shape index (κ2) is 4.82. The van der Waals surface area contributed by atoms with Crippen molar-refractivity contribution in [1.29, 1.82) is 0 Å². The van der Waals surface area contributed by atoms with Crippen LogP contribution in [0.5, 0.6) is 0 Å². The first kappa shape index (κ1) is 12.4. The molecule has 1 aromatic heterocycles. The van der Waals surface area contributed by atoms with Crippen LogP contribution in [-0.2, 0) is 12.8 Å². The Morgan fingerprint density at radius 3 is 2.89 bits per heavy atom. The van der Waals surface area contributed by atoms with Gasteiger partial charge in [-0.05, 0) is 31.4 Å². The third-order valence-corrected chi connectivity index (χ3v) is 3.98. The van der Waals surface area contributed by atoms with Crippen LogP contribution >= 0.6 is 11.6 Å². The van der Waals surface area contributed by atoms with Crippen molar-refractivity contribution in [2.45, 2.75) is 32.7 Å². The first-order valence-corrected chi connectivity index (χ1v) is 6.96. The van der Waals surface area contributed by atoms with Gasteiger partial charge in [0.2, 0.25) is 0 Å². The second-order valence-electron chi connectivity index (χ2n) is 4.87. The van der Waals surface area contributed by atoms with Crippen molar-refractivity contribution >= 4 is 23.1 Å². The van der Waals surface area contributed by atoms with Crippen LogP contribution in [0.4, 0.5) is 11.5 Å². The number of aromatic nitrogens is 2. The number of anilines is 2. The van der Waals surface area contributed by atoms with Crippen LogP contribution in [0.2, 0.25) is 5.15 Å². The number of halogens is 1. The highest BCUT2D eigenvalue weighted by molar-refractivity contribution is 6.30. The van der Waals surface area contributed by atoms with Crippen LogP contribution in [0.1, 0.15) is 25.0 Å². The monoisotopic (exact) mass is 273 g/mol. The molecule has 0 saturated heterocycles. The molecule has 98 valence electrons. The SMILES string of the molecule is CCc1c(Cl)ncnc1N1c2ccccc2CC1C. The average molecular weight is 274 g/mol. The molecular weight excluding hydrogens is 258 g/mol. The molecule has 3 nitrogen and oxygen atoms in total. The predicted octanol–water partition coefficient (Wildman–Crippen LogP) is 3.78.